The van der Waals surface area contributed by atoms with E-state index in [-0.39, 0.29) is 34.4 Å². The molecular formula is C29H26N4O5S. The minimum Gasteiger partial charge on any atom is -0.493 e. The average molecular weight is 543 g/mol. The largest absolute Gasteiger partial charge is 0.493 e. The van der Waals surface area contributed by atoms with Crippen LogP contribution in [0.5, 0.6) is 11.5 Å². The summed E-state index contributed by atoms with van der Waals surface area (Å²) in [4.78, 5) is 18.6. The van der Waals surface area contributed by atoms with Crippen molar-refractivity contribution in [2.24, 2.45) is 0 Å². The van der Waals surface area contributed by atoms with Crippen LogP contribution in [0.3, 0.4) is 0 Å². The van der Waals surface area contributed by atoms with Gasteiger partial charge in [0.2, 0.25) is 0 Å². The van der Waals surface area contributed by atoms with Crippen LogP contribution in [-0.2, 0) is 23.2 Å². The Morgan fingerprint density at radius 2 is 1.87 bits per heavy atom. The zero-order valence-electron chi connectivity index (χ0n) is 21.3. The first-order chi connectivity index (χ1) is 18.9. The van der Waals surface area contributed by atoms with Crippen molar-refractivity contribution < 1.29 is 22.1 Å². The number of benzene rings is 3. The second-order valence-corrected chi connectivity index (χ2v) is 11.2. The molecule has 3 heterocycles. The zero-order valence-corrected chi connectivity index (χ0v) is 22.1. The lowest BCUT2D eigenvalue weighted by atomic mass is 9.98. The summed E-state index contributed by atoms with van der Waals surface area (Å²) in [7, 11) is -2.98. The zero-order chi connectivity index (χ0) is 27.1. The number of carbonyl (C=O) groups is 1. The third kappa shape index (κ3) is 4.50. The van der Waals surface area contributed by atoms with E-state index in [9.17, 15) is 18.5 Å². The Morgan fingerprint density at radius 3 is 2.64 bits per heavy atom. The first-order valence-corrected chi connectivity index (χ1v) is 14.1. The van der Waals surface area contributed by atoms with Gasteiger partial charge in [0.1, 0.15) is 11.0 Å². The summed E-state index contributed by atoms with van der Waals surface area (Å²) in [6.07, 6.45) is 2.47. The minimum absolute atomic E-state index is 0.0406. The van der Waals surface area contributed by atoms with Crippen LogP contribution in [0.25, 0.3) is 22.2 Å². The van der Waals surface area contributed by atoms with Gasteiger partial charge in [-0.15, -0.1) is 0 Å². The SMILES string of the molecule is COc1cc(-c2cc3cc(CN4CCCC4)ccc3[nH]2)c2c(c1OS(=O)(=O)c1ccccc1C#N)CNC2=O. The van der Waals surface area contributed by atoms with Gasteiger partial charge < -0.3 is 19.2 Å². The van der Waals surface area contributed by atoms with E-state index in [4.69, 9.17) is 8.92 Å². The molecule has 2 N–H and O–H groups in total. The molecule has 1 amide bonds. The lowest BCUT2D eigenvalue weighted by Gasteiger charge is -2.16. The molecule has 9 nitrogen and oxygen atoms in total. The van der Waals surface area contributed by atoms with E-state index in [1.807, 2.05) is 18.2 Å². The highest BCUT2D eigenvalue weighted by molar-refractivity contribution is 7.87. The van der Waals surface area contributed by atoms with E-state index < -0.39 is 10.1 Å². The average Bonchev–Trinajstić information content (AvgIpc) is 3.69. The molecule has 0 spiro atoms. The van der Waals surface area contributed by atoms with Crippen molar-refractivity contribution in [3.8, 4) is 28.8 Å². The number of ether oxygens (including phenoxy) is 1. The Hall–Kier alpha value is -4.33. The van der Waals surface area contributed by atoms with Crippen LogP contribution in [0.2, 0.25) is 0 Å². The molecule has 1 aromatic heterocycles. The fourth-order valence-electron chi connectivity index (χ4n) is 5.39. The molecule has 1 fully saturated rings. The maximum atomic E-state index is 13.2. The number of fused-ring (bicyclic) bond motifs is 2. The van der Waals surface area contributed by atoms with E-state index in [0.29, 0.717) is 22.4 Å². The molecule has 3 aromatic carbocycles. The predicted octanol–water partition coefficient (Wildman–Crippen LogP) is 4.32. The summed E-state index contributed by atoms with van der Waals surface area (Å²) in [5.41, 5.74) is 4.09. The maximum absolute atomic E-state index is 13.2. The van der Waals surface area contributed by atoms with Gasteiger partial charge in [-0.1, -0.05) is 18.2 Å². The quantitative estimate of drug-likeness (QED) is 0.333. The molecular weight excluding hydrogens is 516 g/mol. The number of hydrogen-bond donors (Lipinski definition) is 2. The number of aromatic amines is 1. The van der Waals surface area contributed by atoms with Gasteiger partial charge in [-0.3, -0.25) is 9.69 Å². The van der Waals surface area contributed by atoms with E-state index >= 15 is 0 Å². The number of carbonyl (C=O) groups excluding carboxylic acids is 1. The number of hydrogen-bond acceptors (Lipinski definition) is 7. The number of nitriles is 1. The Balaban J connectivity index is 1.42. The van der Waals surface area contributed by atoms with Crippen LogP contribution in [0.4, 0.5) is 0 Å². The maximum Gasteiger partial charge on any atom is 0.340 e. The van der Waals surface area contributed by atoms with Gasteiger partial charge in [-0.25, -0.2) is 0 Å². The fraction of sp³-hybridized carbons (Fsp3) is 0.241. The van der Waals surface area contributed by atoms with Crippen molar-refractivity contribution in [2.45, 2.75) is 30.8 Å². The molecule has 10 heteroatoms. The van der Waals surface area contributed by atoms with Crippen molar-refractivity contribution in [3.05, 3.63) is 76.9 Å². The second kappa shape index (κ2) is 9.76. The van der Waals surface area contributed by atoms with Crippen molar-refractivity contribution in [3.63, 3.8) is 0 Å². The topological polar surface area (TPSA) is 125 Å². The summed E-state index contributed by atoms with van der Waals surface area (Å²) in [6, 6.07) is 17.6. The Kier molecular flexibility index (Phi) is 6.25. The highest BCUT2D eigenvalue weighted by Gasteiger charge is 2.33. The molecule has 39 heavy (non-hydrogen) atoms. The van der Waals surface area contributed by atoms with Crippen molar-refractivity contribution in [1.29, 1.82) is 5.26 Å². The molecule has 198 valence electrons. The van der Waals surface area contributed by atoms with E-state index in [1.165, 1.54) is 43.7 Å². The molecule has 0 bridgehead atoms. The van der Waals surface area contributed by atoms with Crippen LogP contribution in [0.1, 0.15) is 39.9 Å². The molecule has 2 aliphatic heterocycles. The van der Waals surface area contributed by atoms with Crippen molar-refractivity contribution >= 4 is 26.9 Å². The molecule has 0 unspecified atom stereocenters. The molecule has 2 aliphatic rings. The summed E-state index contributed by atoms with van der Waals surface area (Å²) in [5, 5.41) is 13.2. The van der Waals surface area contributed by atoms with Crippen LogP contribution in [0.15, 0.2) is 59.5 Å². The molecule has 0 atom stereocenters. The van der Waals surface area contributed by atoms with E-state index in [1.54, 1.807) is 12.1 Å². The summed E-state index contributed by atoms with van der Waals surface area (Å²) in [6.45, 7) is 3.20. The smallest absolute Gasteiger partial charge is 0.340 e. The number of H-pyrrole nitrogens is 1. The van der Waals surface area contributed by atoms with E-state index in [0.717, 1.165) is 30.5 Å². The van der Waals surface area contributed by atoms with Gasteiger partial charge in [0.25, 0.3) is 5.91 Å². The first-order valence-electron chi connectivity index (χ1n) is 12.7. The molecule has 1 saturated heterocycles. The van der Waals surface area contributed by atoms with Crippen LogP contribution in [0, 0.1) is 11.3 Å². The molecule has 0 aliphatic carbocycles. The molecule has 4 aromatic rings. The number of aromatic nitrogens is 1. The molecule has 6 rings (SSSR count). The van der Waals surface area contributed by atoms with E-state index in [2.05, 4.69) is 27.3 Å². The number of amides is 1. The third-order valence-electron chi connectivity index (χ3n) is 7.27. The number of nitrogens with zero attached hydrogens (tertiary/aromatic N) is 2. The second-order valence-electron chi connectivity index (χ2n) is 9.73. The van der Waals surface area contributed by atoms with Crippen LogP contribution < -0.4 is 14.2 Å². The van der Waals surface area contributed by atoms with Crippen molar-refractivity contribution in [1.82, 2.24) is 15.2 Å². The lowest BCUT2D eigenvalue weighted by Crippen LogP contribution is -2.18. The number of rotatable bonds is 7. The van der Waals surface area contributed by atoms with Gasteiger partial charge >= 0.3 is 10.1 Å². The highest BCUT2D eigenvalue weighted by Crippen LogP contribution is 2.44. The first kappa shape index (κ1) is 25.0. The Labute approximate surface area is 226 Å². The monoisotopic (exact) mass is 542 g/mol. The van der Waals surface area contributed by atoms with Crippen LogP contribution >= 0.6 is 0 Å². The third-order valence-corrected chi connectivity index (χ3v) is 8.55. The van der Waals surface area contributed by atoms with Crippen molar-refractivity contribution in [2.75, 3.05) is 20.2 Å². The van der Waals surface area contributed by atoms with Crippen LogP contribution in [-0.4, -0.2) is 44.4 Å². The van der Waals surface area contributed by atoms with Gasteiger partial charge in [0.05, 0.1) is 18.2 Å². The summed E-state index contributed by atoms with van der Waals surface area (Å²) in [5.74, 6) is -0.256. The normalized spacial score (nSPS) is 15.2. The number of methoxy groups -OCH3 is 1. The minimum atomic E-state index is -4.39. The summed E-state index contributed by atoms with van der Waals surface area (Å²) < 4.78 is 37.6. The Bertz CT molecular complexity index is 1760. The van der Waals surface area contributed by atoms with Gasteiger partial charge in [-0.2, -0.15) is 13.7 Å². The summed E-state index contributed by atoms with van der Waals surface area (Å²) >= 11 is 0. The molecule has 0 radical (unpaired) electrons. The number of likely N-dealkylation sites (tertiary alicyclic amines) is 1. The fourth-order valence-corrected chi connectivity index (χ4v) is 6.51. The number of nitrogens with one attached hydrogen (secondary N) is 2. The van der Waals surface area contributed by atoms with Gasteiger partial charge in [0.15, 0.2) is 11.5 Å². The predicted molar refractivity (Wildman–Crippen MR) is 145 cm³/mol. The lowest BCUT2D eigenvalue weighted by molar-refractivity contribution is 0.0966. The standard InChI is InChI=1S/C29H26N4O5S/c1-37-25-14-21(24-13-20-12-18(8-9-23(20)32-24)17-33-10-4-5-11-33)27-22(16-31-29(27)34)28(25)38-39(35,36)26-7-3-2-6-19(26)15-30/h2-3,6-9,12-14,32H,4-5,10-11,16-17H2,1H3,(H,31,34). The van der Waals surface area contributed by atoms with Gasteiger partial charge in [0, 0.05) is 40.8 Å². The molecule has 0 saturated carbocycles. The van der Waals surface area contributed by atoms with Gasteiger partial charge in [-0.05, 0) is 67.9 Å². The highest BCUT2D eigenvalue weighted by atomic mass is 32.2. The Morgan fingerprint density at radius 1 is 1.08 bits per heavy atom.